The van der Waals surface area contributed by atoms with Crippen LogP contribution in [0.5, 0.6) is 0 Å². The molecule has 0 aromatic heterocycles. The molecule has 0 spiro atoms. The SMILES string of the molecule is [Nb+5].[Re].[Se-2].[Se-2]. The Hall–Kier alpha value is 2.44. The molecule has 4 heavy (non-hydrogen) atoms. The quantitative estimate of drug-likeness (QED) is 0.438. The average molecular weight is 437 g/mol. The van der Waals surface area contributed by atoms with Gasteiger partial charge in [-0.1, -0.05) is 0 Å². The predicted molar refractivity (Wildman–Crippen MR) is 11.5 cm³/mol. The van der Waals surface area contributed by atoms with E-state index in [1.807, 2.05) is 0 Å². The van der Waals surface area contributed by atoms with E-state index in [-0.39, 0.29) is 76.9 Å². The Labute approximate surface area is 76.0 Å². The average Bonchev–Trinajstić information content (AvgIpc) is 0. The van der Waals surface area contributed by atoms with Crippen LogP contribution in [0.4, 0.5) is 0 Å². The van der Waals surface area contributed by atoms with Crippen molar-refractivity contribution in [2.45, 2.75) is 0 Å². The van der Waals surface area contributed by atoms with Crippen LogP contribution in [0.1, 0.15) is 0 Å². The molecule has 0 bridgehead atoms. The van der Waals surface area contributed by atoms with Crippen LogP contribution in [0.25, 0.3) is 0 Å². The van der Waals surface area contributed by atoms with Crippen LogP contribution in [0, 0.1) is 0 Å². The van der Waals surface area contributed by atoms with Gasteiger partial charge in [-0.2, -0.15) is 0 Å². The molecule has 1 radical (unpaired) electrons. The number of hydrogen-bond acceptors (Lipinski definition) is 0. The molecule has 0 N–H and O–H groups in total. The van der Waals surface area contributed by atoms with Crippen molar-refractivity contribution in [3.8, 4) is 0 Å². The van der Waals surface area contributed by atoms with E-state index >= 15 is 0 Å². The van der Waals surface area contributed by atoms with Crippen molar-refractivity contribution in [1.29, 1.82) is 0 Å². The van der Waals surface area contributed by atoms with Crippen molar-refractivity contribution in [2.24, 2.45) is 0 Å². The van der Waals surface area contributed by atoms with Gasteiger partial charge in [-0.05, 0) is 0 Å². The molecule has 0 fully saturated rings. The van der Waals surface area contributed by atoms with Crippen molar-refractivity contribution in [3.05, 3.63) is 0 Å². The Bertz CT molecular complexity index is 6.00. The van der Waals surface area contributed by atoms with Crippen molar-refractivity contribution in [2.75, 3.05) is 0 Å². The van der Waals surface area contributed by atoms with Gasteiger partial charge in [0, 0.05) is 20.4 Å². The summed E-state index contributed by atoms with van der Waals surface area (Å²) in [4.78, 5) is 0. The van der Waals surface area contributed by atoms with Crippen LogP contribution in [0.3, 0.4) is 0 Å². The maximum absolute atomic E-state index is 0. The molecule has 0 aromatic carbocycles. The maximum atomic E-state index is 0. The van der Waals surface area contributed by atoms with Gasteiger partial charge in [-0.25, -0.2) is 0 Å². The van der Waals surface area contributed by atoms with Gasteiger partial charge < -0.3 is 34.1 Å². The van der Waals surface area contributed by atoms with Crippen molar-refractivity contribution in [3.63, 3.8) is 0 Å². The zero-order chi connectivity index (χ0) is 0. The van der Waals surface area contributed by atoms with Gasteiger partial charge in [-0.15, -0.1) is 0 Å². The van der Waals surface area contributed by atoms with Crippen LogP contribution < -0.4 is 0 Å². The molecule has 4 heteroatoms. The molecule has 0 aromatic rings. The van der Waals surface area contributed by atoms with Crippen LogP contribution in [-0.4, -0.2) is 34.1 Å². The Morgan fingerprint density at radius 3 is 0.750 bits per heavy atom. The van der Waals surface area contributed by atoms with E-state index in [1.54, 1.807) is 0 Å². The summed E-state index contributed by atoms with van der Waals surface area (Å²) in [5, 5.41) is 0. The molecule has 0 unspecified atom stereocenters. The molecule has 0 amide bonds. The molecule has 0 heterocycles. The first-order valence-electron chi connectivity index (χ1n) is 0. The van der Waals surface area contributed by atoms with E-state index in [9.17, 15) is 0 Å². The molecule has 0 aliphatic carbocycles. The van der Waals surface area contributed by atoms with Gasteiger partial charge in [-0.3, -0.25) is 0 Å². The Kier molecular flexibility index (Phi) is 144. The normalized spacial score (nSPS) is 0. The Balaban J connectivity index is 0. The van der Waals surface area contributed by atoms with Gasteiger partial charge >= 0.3 is 22.4 Å². The molecular weight excluding hydrogens is 437 g/mol. The maximum Gasteiger partial charge on any atom is 5.00 e. The monoisotopic (exact) mass is 440 g/mol. The standard InChI is InChI=1S/Nb.Re.2Se/q+5;;2*-2. The first kappa shape index (κ1) is 32.0. The third kappa shape index (κ3) is 8.82. The van der Waals surface area contributed by atoms with Gasteiger partial charge in [0.2, 0.25) is 0 Å². The summed E-state index contributed by atoms with van der Waals surface area (Å²) < 4.78 is 0. The largest absolute Gasteiger partial charge is 5.00 e. The molecular formula is NbReSe2+. The Morgan fingerprint density at radius 2 is 0.750 bits per heavy atom. The van der Waals surface area contributed by atoms with Gasteiger partial charge in [0.05, 0.1) is 0 Å². The minimum atomic E-state index is 0. The zero-order valence-electron chi connectivity index (χ0n) is 1.64. The molecule has 23 valence electrons. The van der Waals surface area contributed by atoms with Crippen molar-refractivity contribution < 1.29 is 42.8 Å². The van der Waals surface area contributed by atoms with Crippen LogP contribution in [0.2, 0.25) is 0 Å². The van der Waals surface area contributed by atoms with Gasteiger partial charge in [0.1, 0.15) is 0 Å². The third-order valence-corrected chi connectivity index (χ3v) is 0. The van der Waals surface area contributed by atoms with Crippen molar-refractivity contribution >= 4 is 34.1 Å². The van der Waals surface area contributed by atoms with Gasteiger partial charge in [0.15, 0.2) is 0 Å². The molecule has 0 atom stereocenters. The van der Waals surface area contributed by atoms with E-state index < -0.39 is 0 Å². The third-order valence-electron chi connectivity index (χ3n) is 0. The van der Waals surface area contributed by atoms with Crippen LogP contribution >= 0.6 is 0 Å². The molecule has 0 saturated carbocycles. The molecule has 0 aliphatic rings. The predicted octanol–water partition coefficient (Wildman–Crippen LogP) is -0.767. The van der Waals surface area contributed by atoms with Crippen molar-refractivity contribution in [1.82, 2.24) is 0 Å². The summed E-state index contributed by atoms with van der Waals surface area (Å²) in [7, 11) is 0. The number of hydrogen-bond donors (Lipinski definition) is 0. The van der Waals surface area contributed by atoms with E-state index in [1.165, 1.54) is 0 Å². The summed E-state index contributed by atoms with van der Waals surface area (Å²) in [5.41, 5.74) is 0. The van der Waals surface area contributed by atoms with E-state index in [0.717, 1.165) is 0 Å². The molecule has 0 nitrogen and oxygen atoms in total. The summed E-state index contributed by atoms with van der Waals surface area (Å²) >= 11 is 0. The van der Waals surface area contributed by atoms with E-state index in [2.05, 4.69) is 0 Å². The fourth-order valence-corrected chi connectivity index (χ4v) is 0. The van der Waals surface area contributed by atoms with Crippen LogP contribution in [-0.2, 0) is 42.8 Å². The van der Waals surface area contributed by atoms with E-state index in [4.69, 9.17) is 0 Å². The molecule has 0 saturated heterocycles. The fraction of sp³-hybridized carbons (Fsp3) is 0. The Morgan fingerprint density at radius 1 is 0.750 bits per heavy atom. The second-order valence-corrected chi connectivity index (χ2v) is 0. The topological polar surface area (TPSA) is 0 Å². The summed E-state index contributed by atoms with van der Waals surface area (Å²) in [6.07, 6.45) is 0. The van der Waals surface area contributed by atoms with E-state index in [0.29, 0.717) is 0 Å². The molecule has 0 aliphatic heterocycles. The first-order valence-corrected chi connectivity index (χ1v) is 0. The second-order valence-electron chi connectivity index (χ2n) is 0. The summed E-state index contributed by atoms with van der Waals surface area (Å²) in [6, 6.07) is 0. The summed E-state index contributed by atoms with van der Waals surface area (Å²) in [6.45, 7) is 0. The number of rotatable bonds is 0. The summed E-state index contributed by atoms with van der Waals surface area (Å²) in [5.74, 6) is 0. The first-order chi connectivity index (χ1) is 0. The van der Waals surface area contributed by atoms with Gasteiger partial charge in [0.25, 0.3) is 0 Å². The zero-order valence-corrected chi connectivity index (χ0v) is 9.98. The fourth-order valence-electron chi connectivity index (χ4n) is 0. The minimum absolute atomic E-state index is 0. The van der Waals surface area contributed by atoms with Crippen LogP contribution in [0.15, 0.2) is 0 Å². The molecule has 0 rings (SSSR count). The second kappa shape index (κ2) is 18.0. The minimum Gasteiger partial charge on any atom is -2.00 e. The smallest absolute Gasteiger partial charge is 2.00 e.